The second kappa shape index (κ2) is 11.4. The molecule has 6 heteroatoms. The first-order valence-corrected chi connectivity index (χ1v) is 9.24. The number of methoxy groups -OCH3 is 2. The third-order valence-corrected chi connectivity index (χ3v) is 4.45. The van der Waals surface area contributed by atoms with Crippen molar-refractivity contribution in [3.8, 4) is 11.5 Å². The van der Waals surface area contributed by atoms with E-state index in [1.807, 2.05) is 39.0 Å². The fourth-order valence-electron chi connectivity index (χ4n) is 2.65. The average Bonchev–Trinajstić information content (AvgIpc) is 2.65. The van der Waals surface area contributed by atoms with Crippen LogP contribution in [0.25, 0.3) is 0 Å². The monoisotopic (exact) mass is 364 g/mol. The Kier molecular flexibility index (Phi) is 9.55. The molecular weight excluding hydrogens is 332 g/mol. The van der Waals surface area contributed by atoms with Crippen LogP contribution in [-0.2, 0) is 16.0 Å². The molecule has 0 saturated carbocycles. The molecule has 2 unspecified atom stereocenters. The number of amides is 2. The SMILES string of the molecule is CCCC(=O)NC(C(=O)NCCc1ccc(OC)c(OC)c1)C(C)CC. The van der Waals surface area contributed by atoms with E-state index in [1.165, 1.54) is 0 Å². The quantitative estimate of drug-likeness (QED) is 0.633. The van der Waals surface area contributed by atoms with E-state index in [0.29, 0.717) is 30.9 Å². The number of nitrogens with one attached hydrogen (secondary N) is 2. The topological polar surface area (TPSA) is 76.7 Å². The van der Waals surface area contributed by atoms with E-state index in [2.05, 4.69) is 10.6 Å². The molecule has 0 fully saturated rings. The summed E-state index contributed by atoms with van der Waals surface area (Å²) in [5, 5.41) is 5.80. The van der Waals surface area contributed by atoms with Gasteiger partial charge >= 0.3 is 0 Å². The lowest BCUT2D eigenvalue weighted by molar-refractivity contribution is -0.130. The molecule has 0 spiro atoms. The third-order valence-electron chi connectivity index (χ3n) is 4.45. The standard InChI is InChI=1S/C20H32N2O4/c1-6-8-18(23)22-19(14(3)7-2)20(24)21-12-11-15-9-10-16(25-4)17(13-15)26-5/h9-10,13-14,19H,6-8,11-12H2,1-5H3,(H,21,24)(H,22,23). The Labute approximate surface area is 156 Å². The van der Waals surface area contributed by atoms with E-state index >= 15 is 0 Å². The molecule has 2 N–H and O–H groups in total. The lowest BCUT2D eigenvalue weighted by Crippen LogP contribution is -2.50. The first kappa shape index (κ1) is 21.8. The summed E-state index contributed by atoms with van der Waals surface area (Å²) < 4.78 is 10.5. The van der Waals surface area contributed by atoms with Crippen LogP contribution in [0.3, 0.4) is 0 Å². The van der Waals surface area contributed by atoms with Gasteiger partial charge in [0, 0.05) is 13.0 Å². The minimum absolute atomic E-state index is 0.0761. The largest absolute Gasteiger partial charge is 0.493 e. The maximum atomic E-state index is 12.5. The predicted octanol–water partition coefficient (Wildman–Crippen LogP) is 2.69. The Morgan fingerprint density at radius 1 is 1.12 bits per heavy atom. The molecule has 0 aliphatic carbocycles. The van der Waals surface area contributed by atoms with Crippen LogP contribution in [0.1, 0.15) is 45.6 Å². The molecule has 146 valence electrons. The van der Waals surface area contributed by atoms with E-state index < -0.39 is 6.04 Å². The second-order valence-electron chi connectivity index (χ2n) is 6.41. The minimum atomic E-state index is -0.496. The third kappa shape index (κ3) is 6.58. The van der Waals surface area contributed by atoms with Gasteiger partial charge in [-0.15, -0.1) is 0 Å². The summed E-state index contributed by atoms with van der Waals surface area (Å²) in [4.78, 5) is 24.4. The summed E-state index contributed by atoms with van der Waals surface area (Å²) in [7, 11) is 3.19. The molecule has 0 aliphatic rings. The highest BCUT2D eigenvalue weighted by Gasteiger charge is 2.25. The van der Waals surface area contributed by atoms with Gasteiger partial charge in [0.25, 0.3) is 0 Å². The molecule has 6 nitrogen and oxygen atoms in total. The summed E-state index contributed by atoms with van der Waals surface area (Å²) in [5.74, 6) is 1.21. The Morgan fingerprint density at radius 2 is 1.81 bits per heavy atom. The Hall–Kier alpha value is -2.24. The van der Waals surface area contributed by atoms with Crippen LogP contribution in [0.4, 0.5) is 0 Å². The van der Waals surface area contributed by atoms with Gasteiger partial charge in [-0.2, -0.15) is 0 Å². The highest BCUT2D eigenvalue weighted by molar-refractivity contribution is 5.87. The van der Waals surface area contributed by atoms with Crippen molar-refractivity contribution in [3.63, 3.8) is 0 Å². The van der Waals surface area contributed by atoms with Crippen molar-refractivity contribution >= 4 is 11.8 Å². The number of carbonyl (C=O) groups excluding carboxylic acids is 2. The normalized spacial score (nSPS) is 12.8. The molecule has 0 aromatic heterocycles. The zero-order chi connectivity index (χ0) is 19.5. The highest BCUT2D eigenvalue weighted by Crippen LogP contribution is 2.27. The minimum Gasteiger partial charge on any atom is -0.493 e. The van der Waals surface area contributed by atoms with Crippen LogP contribution < -0.4 is 20.1 Å². The molecule has 1 aromatic rings. The van der Waals surface area contributed by atoms with Crippen molar-refractivity contribution < 1.29 is 19.1 Å². The summed E-state index contributed by atoms with van der Waals surface area (Å²) in [6.07, 6.45) is 2.69. The molecule has 0 saturated heterocycles. The van der Waals surface area contributed by atoms with Gasteiger partial charge in [0.15, 0.2) is 11.5 Å². The number of hydrogen-bond donors (Lipinski definition) is 2. The van der Waals surface area contributed by atoms with Crippen molar-refractivity contribution in [2.45, 2.75) is 52.5 Å². The number of benzene rings is 1. The first-order valence-electron chi connectivity index (χ1n) is 9.24. The van der Waals surface area contributed by atoms with Gasteiger partial charge in [-0.3, -0.25) is 9.59 Å². The molecule has 0 heterocycles. The fraction of sp³-hybridized carbons (Fsp3) is 0.600. The van der Waals surface area contributed by atoms with Gasteiger partial charge in [0.2, 0.25) is 11.8 Å². The van der Waals surface area contributed by atoms with Gasteiger partial charge in [-0.25, -0.2) is 0 Å². The van der Waals surface area contributed by atoms with E-state index in [0.717, 1.165) is 18.4 Å². The fourth-order valence-corrected chi connectivity index (χ4v) is 2.65. The first-order chi connectivity index (χ1) is 12.5. The number of carbonyl (C=O) groups is 2. The molecule has 26 heavy (non-hydrogen) atoms. The maximum absolute atomic E-state index is 12.5. The van der Waals surface area contributed by atoms with E-state index in [4.69, 9.17) is 9.47 Å². The molecule has 0 aliphatic heterocycles. The van der Waals surface area contributed by atoms with Crippen LogP contribution >= 0.6 is 0 Å². The zero-order valence-electron chi connectivity index (χ0n) is 16.6. The molecule has 1 aromatic carbocycles. The van der Waals surface area contributed by atoms with E-state index in [1.54, 1.807) is 14.2 Å². The summed E-state index contributed by atoms with van der Waals surface area (Å²) in [6.45, 7) is 6.43. The smallest absolute Gasteiger partial charge is 0.242 e. The maximum Gasteiger partial charge on any atom is 0.242 e. The van der Waals surface area contributed by atoms with Gasteiger partial charge in [0.1, 0.15) is 6.04 Å². The molecule has 2 atom stereocenters. The van der Waals surface area contributed by atoms with Gasteiger partial charge in [-0.1, -0.05) is 33.3 Å². The summed E-state index contributed by atoms with van der Waals surface area (Å²) >= 11 is 0. The second-order valence-corrected chi connectivity index (χ2v) is 6.41. The lowest BCUT2D eigenvalue weighted by Gasteiger charge is -2.23. The predicted molar refractivity (Wildman–Crippen MR) is 103 cm³/mol. The number of ether oxygens (including phenoxy) is 2. The van der Waals surface area contributed by atoms with Crippen LogP contribution in [-0.4, -0.2) is 38.6 Å². The highest BCUT2D eigenvalue weighted by atomic mass is 16.5. The van der Waals surface area contributed by atoms with Crippen LogP contribution in [0.5, 0.6) is 11.5 Å². The van der Waals surface area contributed by atoms with Crippen molar-refractivity contribution in [2.24, 2.45) is 5.92 Å². The van der Waals surface area contributed by atoms with E-state index in [9.17, 15) is 9.59 Å². The van der Waals surface area contributed by atoms with Crippen molar-refractivity contribution in [3.05, 3.63) is 23.8 Å². The van der Waals surface area contributed by atoms with Gasteiger partial charge in [0.05, 0.1) is 14.2 Å². The average molecular weight is 364 g/mol. The van der Waals surface area contributed by atoms with E-state index in [-0.39, 0.29) is 17.7 Å². The molecule has 0 radical (unpaired) electrons. The molecular formula is C20H32N2O4. The summed E-state index contributed by atoms with van der Waals surface area (Å²) in [5.41, 5.74) is 1.04. The summed E-state index contributed by atoms with van der Waals surface area (Å²) in [6, 6.07) is 5.20. The molecule has 1 rings (SSSR count). The zero-order valence-corrected chi connectivity index (χ0v) is 16.6. The Morgan fingerprint density at radius 3 is 2.38 bits per heavy atom. The van der Waals surface area contributed by atoms with Crippen molar-refractivity contribution in [1.29, 1.82) is 0 Å². The van der Waals surface area contributed by atoms with Crippen LogP contribution in [0.2, 0.25) is 0 Å². The number of hydrogen-bond acceptors (Lipinski definition) is 4. The van der Waals surface area contributed by atoms with Gasteiger partial charge < -0.3 is 20.1 Å². The Balaban J connectivity index is 2.63. The molecule has 2 amide bonds. The Bertz CT molecular complexity index is 589. The molecule has 0 bridgehead atoms. The van der Waals surface area contributed by atoms with Crippen LogP contribution in [0.15, 0.2) is 18.2 Å². The van der Waals surface area contributed by atoms with Crippen LogP contribution in [0, 0.1) is 5.92 Å². The van der Waals surface area contributed by atoms with Crippen molar-refractivity contribution in [2.75, 3.05) is 20.8 Å². The van der Waals surface area contributed by atoms with Gasteiger partial charge in [-0.05, 0) is 36.5 Å². The lowest BCUT2D eigenvalue weighted by atomic mass is 9.98. The van der Waals surface area contributed by atoms with Crippen molar-refractivity contribution in [1.82, 2.24) is 10.6 Å². The number of rotatable bonds is 11.